The third kappa shape index (κ3) is 12.9. The van der Waals surface area contributed by atoms with Crippen molar-refractivity contribution in [2.45, 2.75) is 32.1 Å². The van der Waals surface area contributed by atoms with Crippen molar-refractivity contribution in [3.63, 3.8) is 0 Å². The molecule has 0 saturated heterocycles. The Morgan fingerprint density at radius 3 is 1.47 bits per heavy atom. The molecule has 0 atom stereocenters. The number of nitrogens with one attached hydrogen (secondary N) is 4. The van der Waals surface area contributed by atoms with Gasteiger partial charge in [0.05, 0.1) is 33.6 Å². The molecule has 0 spiro atoms. The molecular formula is C44H40F6N14O6. The Kier molecular flexibility index (Phi) is 16.0. The summed E-state index contributed by atoms with van der Waals surface area (Å²) in [5.74, 6) is -2.35. The van der Waals surface area contributed by atoms with Crippen LogP contribution in [0.5, 0.6) is 0 Å². The first-order chi connectivity index (χ1) is 33.3. The Morgan fingerprint density at radius 2 is 1.10 bits per heavy atom. The van der Waals surface area contributed by atoms with E-state index in [0.29, 0.717) is 28.8 Å². The van der Waals surface area contributed by atoms with Gasteiger partial charge >= 0.3 is 12.4 Å². The molecule has 0 bridgehead atoms. The maximum Gasteiger partial charge on any atom is 0.435 e. The first-order valence-electron chi connectivity index (χ1n) is 20.6. The van der Waals surface area contributed by atoms with Crippen LogP contribution in [0, 0.1) is 0 Å². The Labute approximate surface area is 392 Å². The summed E-state index contributed by atoms with van der Waals surface area (Å²) in [6, 6.07) is 22.0. The van der Waals surface area contributed by atoms with Gasteiger partial charge in [-0.15, -0.1) is 0 Å². The van der Waals surface area contributed by atoms with Crippen LogP contribution in [0.2, 0.25) is 0 Å². The van der Waals surface area contributed by atoms with Crippen LogP contribution in [0.1, 0.15) is 84.2 Å². The van der Waals surface area contributed by atoms with Crippen molar-refractivity contribution in [1.82, 2.24) is 60.9 Å². The van der Waals surface area contributed by atoms with E-state index in [1.807, 2.05) is 13.8 Å². The van der Waals surface area contributed by atoms with Crippen LogP contribution in [-0.4, -0.2) is 101 Å². The Morgan fingerprint density at radius 1 is 0.657 bits per heavy atom. The molecule has 7 N–H and O–H groups in total. The van der Waals surface area contributed by atoms with Gasteiger partial charge in [-0.05, 0) is 48.5 Å². The third-order valence-electron chi connectivity index (χ3n) is 9.47. The number of amidine groups is 1. The highest BCUT2D eigenvalue weighted by Gasteiger charge is 2.40. The first kappa shape index (κ1) is 50.4. The number of benzene rings is 2. The topological polar surface area (TPSA) is 275 Å². The van der Waals surface area contributed by atoms with Gasteiger partial charge in [-0.3, -0.25) is 29.1 Å². The molecule has 0 aliphatic carbocycles. The highest BCUT2D eigenvalue weighted by atomic mass is 19.4. The number of pyridine rings is 2. The lowest BCUT2D eigenvalue weighted by atomic mass is 10.2. The lowest BCUT2D eigenvalue weighted by Gasteiger charge is -2.08. The number of alkyl halides is 6. The number of hydrogen-bond acceptors (Lipinski definition) is 13. The molecule has 0 fully saturated rings. The van der Waals surface area contributed by atoms with Gasteiger partial charge in [0.15, 0.2) is 17.2 Å². The van der Waals surface area contributed by atoms with E-state index in [9.17, 15) is 45.5 Å². The van der Waals surface area contributed by atoms with Gasteiger partial charge in [0, 0.05) is 56.9 Å². The second-order valence-corrected chi connectivity index (χ2v) is 14.8. The molecule has 0 radical (unpaired) electrons. The molecule has 5 heterocycles. The number of hydrogen-bond donors (Lipinski definition) is 6. The Balaban J connectivity index is 0.000000231. The van der Waals surface area contributed by atoms with E-state index in [2.05, 4.69) is 56.7 Å². The summed E-state index contributed by atoms with van der Waals surface area (Å²) in [4.78, 5) is 61.6. The zero-order valence-electron chi connectivity index (χ0n) is 36.7. The van der Waals surface area contributed by atoms with Gasteiger partial charge in [-0.25, -0.2) is 9.36 Å². The molecule has 26 heteroatoms. The van der Waals surface area contributed by atoms with Crippen LogP contribution < -0.4 is 27.0 Å². The maximum absolute atomic E-state index is 13.5. The van der Waals surface area contributed by atoms with Crippen LogP contribution >= 0.6 is 0 Å². The van der Waals surface area contributed by atoms with E-state index in [-0.39, 0.29) is 54.8 Å². The largest absolute Gasteiger partial charge is 0.435 e. The molecule has 4 amide bonds. The molecule has 20 nitrogen and oxygen atoms in total. The van der Waals surface area contributed by atoms with E-state index < -0.39 is 58.5 Å². The van der Waals surface area contributed by atoms with Crippen LogP contribution in [0.25, 0.3) is 22.9 Å². The van der Waals surface area contributed by atoms with Crippen molar-refractivity contribution < 1.29 is 55.3 Å². The van der Waals surface area contributed by atoms with Gasteiger partial charge < -0.3 is 36.7 Å². The minimum Gasteiger partial charge on any atom is -0.409 e. The van der Waals surface area contributed by atoms with Gasteiger partial charge in [0.2, 0.25) is 11.7 Å². The standard InChI is InChI=1S/C24H22F3N7O3.C20H18F3N7O3/c1-14(2)23-31-20(33-37-23)18-9-8-15(12-30-18)21(35)28-10-11-29-22(36)17-13-34(16-6-4-3-5-7-16)32-19(17)24(25,26)27;21-20(22,23)16-14(11-30(28-16)13-4-2-1-3-5-13)19(32)26-9-8-25-18(31)12-6-7-15(27-10-12)17(24)29-33/h3-9,12-14H,10-11H2,1-2H3,(H,28,35)(H,29,36);1-7,10-11,33H,8-9H2,(H2,24,29)(H,25,31)(H,26,32). The van der Waals surface area contributed by atoms with Gasteiger partial charge in [-0.1, -0.05) is 60.6 Å². The highest BCUT2D eigenvalue weighted by Crippen LogP contribution is 2.32. The predicted molar refractivity (Wildman–Crippen MR) is 235 cm³/mol. The summed E-state index contributed by atoms with van der Waals surface area (Å²) in [5.41, 5.74) is 3.25. The summed E-state index contributed by atoms with van der Waals surface area (Å²) in [7, 11) is 0. The summed E-state index contributed by atoms with van der Waals surface area (Å²) in [5, 5.41) is 32.1. The van der Waals surface area contributed by atoms with Crippen molar-refractivity contribution in [3.8, 4) is 22.9 Å². The molecule has 0 aliphatic heterocycles. The Hall–Kier alpha value is -8.97. The number of oxime groups is 1. The number of carbonyl (C=O) groups excluding carboxylic acids is 4. The number of nitrogens with two attached hydrogens (primary N) is 1. The lowest BCUT2D eigenvalue weighted by molar-refractivity contribution is -0.142. The maximum atomic E-state index is 13.5. The molecule has 2 aromatic carbocycles. The molecule has 5 aromatic heterocycles. The second kappa shape index (κ2) is 22.2. The number of halogens is 6. The number of amides is 4. The molecule has 0 unspecified atom stereocenters. The van der Waals surface area contributed by atoms with Gasteiger partial charge in [0.25, 0.3) is 23.6 Å². The van der Waals surface area contributed by atoms with Crippen molar-refractivity contribution in [2.75, 3.05) is 26.2 Å². The number of nitrogens with zero attached hydrogens (tertiary/aromatic N) is 9. The SMILES string of the molecule is CC(C)c1nc(-c2ccc(C(=O)NCCNC(=O)c3cn(-c4ccccc4)nc3C(F)(F)F)cn2)no1.N/C(=N\O)c1ccc(C(=O)NCCNC(=O)c2cn(-c3ccccc3)nc2C(F)(F)F)cn1. The fraction of sp³-hybridized carbons (Fsp3) is 0.205. The Bertz CT molecular complexity index is 2940. The molecule has 364 valence electrons. The van der Waals surface area contributed by atoms with E-state index in [0.717, 1.165) is 21.8 Å². The minimum atomic E-state index is -4.83. The quantitative estimate of drug-likeness (QED) is 0.0194. The van der Waals surface area contributed by atoms with E-state index in [4.69, 9.17) is 15.5 Å². The zero-order valence-corrected chi connectivity index (χ0v) is 36.7. The van der Waals surface area contributed by atoms with E-state index >= 15 is 0 Å². The van der Waals surface area contributed by atoms with Crippen LogP contribution in [0.15, 0.2) is 119 Å². The van der Waals surface area contributed by atoms with Crippen LogP contribution in [0.3, 0.4) is 0 Å². The smallest absolute Gasteiger partial charge is 0.409 e. The fourth-order valence-electron chi connectivity index (χ4n) is 5.99. The molecule has 0 saturated carbocycles. The minimum absolute atomic E-state index is 0.0247. The molecule has 0 aliphatic rings. The predicted octanol–water partition coefficient (Wildman–Crippen LogP) is 5.16. The number of rotatable bonds is 15. The van der Waals surface area contributed by atoms with Crippen molar-refractivity contribution in [2.24, 2.45) is 10.9 Å². The highest BCUT2D eigenvalue weighted by molar-refractivity contribution is 5.98. The molecule has 7 aromatic rings. The summed E-state index contributed by atoms with van der Waals surface area (Å²) in [6.45, 7) is 3.50. The van der Waals surface area contributed by atoms with Gasteiger partial charge in [0.1, 0.15) is 11.4 Å². The van der Waals surface area contributed by atoms with Crippen molar-refractivity contribution in [3.05, 3.63) is 155 Å². The average molecular weight is 975 g/mol. The monoisotopic (exact) mass is 974 g/mol. The zero-order chi connectivity index (χ0) is 50.6. The fourth-order valence-corrected chi connectivity index (χ4v) is 5.99. The second-order valence-electron chi connectivity index (χ2n) is 14.8. The summed E-state index contributed by atoms with van der Waals surface area (Å²) in [6.07, 6.45) is -5.09. The van der Waals surface area contributed by atoms with Crippen molar-refractivity contribution in [1.29, 1.82) is 0 Å². The summed E-state index contributed by atoms with van der Waals surface area (Å²) < 4.78 is 87.6. The van der Waals surface area contributed by atoms with E-state index in [1.54, 1.807) is 66.7 Å². The number of para-hydroxylation sites is 2. The average Bonchev–Trinajstić information content (AvgIpc) is 4.15. The van der Waals surface area contributed by atoms with Crippen LogP contribution in [-0.2, 0) is 12.4 Å². The number of carbonyl (C=O) groups is 4. The normalized spacial score (nSPS) is 11.6. The molecule has 70 heavy (non-hydrogen) atoms. The summed E-state index contributed by atoms with van der Waals surface area (Å²) >= 11 is 0. The van der Waals surface area contributed by atoms with Crippen molar-refractivity contribution >= 4 is 29.5 Å². The molecule has 7 rings (SSSR count). The van der Waals surface area contributed by atoms with Crippen LogP contribution in [0.4, 0.5) is 26.3 Å². The number of aromatic nitrogens is 8. The first-order valence-corrected chi connectivity index (χ1v) is 20.6. The third-order valence-corrected chi connectivity index (χ3v) is 9.47. The lowest BCUT2D eigenvalue weighted by Crippen LogP contribution is -2.35. The van der Waals surface area contributed by atoms with Gasteiger partial charge in [-0.2, -0.15) is 41.5 Å². The molecular weight excluding hydrogens is 935 g/mol. The van der Waals surface area contributed by atoms with E-state index in [1.165, 1.54) is 30.6 Å².